The molecule has 0 saturated carbocycles. The van der Waals surface area contributed by atoms with Gasteiger partial charge in [0.15, 0.2) is 0 Å². The SMILES string of the molecule is C#CC(C)(C)NCC(CN)C(C)C. The van der Waals surface area contributed by atoms with Crippen molar-refractivity contribution >= 4 is 0 Å². The summed E-state index contributed by atoms with van der Waals surface area (Å²) >= 11 is 0. The molecule has 1 unspecified atom stereocenters. The molecule has 0 spiro atoms. The third kappa shape index (κ3) is 4.92. The quantitative estimate of drug-likeness (QED) is 0.627. The van der Waals surface area contributed by atoms with Crippen LogP contribution in [0.15, 0.2) is 0 Å². The largest absolute Gasteiger partial charge is 0.330 e. The van der Waals surface area contributed by atoms with Crippen molar-refractivity contribution in [2.45, 2.75) is 33.2 Å². The molecule has 0 radical (unpaired) electrons. The second-order valence-corrected chi connectivity index (χ2v) is 4.39. The second-order valence-electron chi connectivity index (χ2n) is 4.39. The maximum atomic E-state index is 5.65. The summed E-state index contributed by atoms with van der Waals surface area (Å²) in [6.07, 6.45) is 5.37. The molecule has 0 aliphatic rings. The van der Waals surface area contributed by atoms with Crippen LogP contribution in [0.5, 0.6) is 0 Å². The molecule has 0 bridgehead atoms. The molecule has 2 heteroatoms. The number of nitrogens with one attached hydrogen (secondary N) is 1. The van der Waals surface area contributed by atoms with Gasteiger partial charge in [-0.25, -0.2) is 0 Å². The van der Waals surface area contributed by atoms with E-state index < -0.39 is 0 Å². The molecule has 76 valence electrons. The number of hydrogen-bond acceptors (Lipinski definition) is 2. The molecular formula is C11H22N2. The summed E-state index contributed by atoms with van der Waals surface area (Å²) in [6, 6.07) is 0. The van der Waals surface area contributed by atoms with Crippen molar-refractivity contribution in [3.63, 3.8) is 0 Å². The normalized spacial score (nSPS) is 14.2. The van der Waals surface area contributed by atoms with E-state index in [0.29, 0.717) is 18.4 Å². The Kier molecular flexibility index (Phi) is 5.05. The van der Waals surface area contributed by atoms with E-state index in [1.165, 1.54) is 0 Å². The number of hydrogen-bond donors (Lipinski definition) is 2. The van der Waals surface area contributed by atoms with Gasteiger partial charge in [0.1, 0.15) is 0 Å². The molecule has 0 amide bonds. The zero-order valence-electron chi connectivity index (χ0n) is 9.22. The Morgan fingerprint density at radius 3 is 2.31 bits per heavy atom. The summed E-state index contributed by atoms with van der Waals surface area (Å²) in [6.45, 7) is 9.97. The lowest BCUT2D eigenvalue weighted by molar-refractivity contribution is 0.339. The lowest BCUT2D eigenvalue weighted by atomic mass is 9.94. The zero-order valence-corrected chi connectivity index (χ0v) is 9.22. The Morgan fingerprint density at radius 1 is 1.46 bits per heavy atom. The standard InChI is InChI=1S/C11H22N2/c1-6-11(4,5)13-8-10(7-12)9(2)3/h1,9-10,13H,7-8,12H2,2-5H3. The van der Waals surface area contributed by atoms with E-state index in [1.54, 1.807) is 0 Å². The van der Waals surface area contributed by atoms with Crippen LogP contribution in [-0.4, -0.2) is 18.6 Å². The number of terminal acetylenes is 1. The minimum Gasteiger partial charge on any atom is -0.330 e. The molecule has 0 fully saturated rings. The molecule has 2 nitrogen and oxygen atoms in total. The van der Waals surface area contributed by atoms with Gasteiger partial charge in [-0.15, -0.1) is 6.42 Å². The Bertz CT molecular complexity index is 177. The van der Waals surface area contributed by atoms with E-state index in [2.05, 4.69) is 25.1 Å². The third-order valence-corrected chi connectivity index (χ3v) is 2.41. The van der Waals surface area contributed by atoms with E-state index in [-0.39, 0.29) is 5.54 Å². The molecule has 3 N–H and O–H groups in total. The highest BCUT2D eigenvalue weighted by molar-refractivity contribution is 5.07. The van der Waals surface area contributed by atoms with E-state index in [0.717, 1.165) is 6.54 Å². The van der Waals surface area contributed by atoms with Crippen LogP contribution in [0.2, 0.25) is 0 Å². The molecule has 0 rings (SSSR count). The zero-order chi connectivity index (χ0) is 10.5. The van der Waals surface area contributed by atoms with Crippen molar-refractivity contribution in [2.75, 3.05) is 13.1 Å². The van der Waals surface area contributed by atoms with Crippen LogP contribution in [0.3, 0.4) is 0 Å². The van der Waals surface area contributed by atoms with E-state index in [1.807, 2.05) is 13.8 Å². The Morgan fingerprint density at radius 2 is 2.00 bits per heavy atom. The van der Waals surface area contributed by atoms with Crippen molar-refractivity contribution in [1.82, 2.24) is 5.32 Å². The summed E-state index contributed by atoms with van der Waals surface area (Å²) in [5.74, 6) is 3.82. The maximum absolute atomic E-state index is 5.65. The van der Waals surface area contributed by atoms with Crippen LogP contribution >= 0.6 is 0 Å². The molecule has 0 aromatic rings. The van der Waals surface area contributed by atoms with Crippen LogP contribution in [-0.2, 0) is 0 Å². The van der Waals surface area contributed by atoms with Gasteiger partial charge in [-0.2, -0.15) is 0 Å². The first-order chi connectivity index (χ1) is 5.93. The highest BCUT2D eigenvalue weighted by Crippen LogP contribution is 2.09. The van der Waals surface area contributed by atoms with Gasteiger partial charge < -0.3 is 11.1 Å². The molecule has 0 aromatic heterocycles. The molecule has 1 atom stereocenters. The number of rotatable bonds is 5. The van der Waals surface area contributed by atoms with Crippen LogP contribution in [0, 0.1) is 24.2 Å². The van der Waals surface area contributed by atoms with Crippen molar-refractivity contribution in [3.05, 3.63) is 0 Å². The lowest BCUT2D eigenvalue weighted by Gasteiger charge is -2.25. The van der Waals surface area contributed by atoms with Gasteiger partial charge in [0, 0.05) is 6.54 Å². The first-order valence-corrected chi connectivity index (χ1v) is 4.86. The van der Waals surface area contributed by atoms with Crippen LogP contribution in [0.4, 0.5) is 0 Å². The van der Waals surface area contributed by atoms with Gasteiger partial charge in [-0.05, 0) is 32.2 Å². The smallest absolute Gasteiger partial charge is 0.0741 e. The topological polar surface area (TPSA) is 38.0 Å². The predicted molar refractivity (Wildman–Crippen MR) is 58.3 cm³/mol. The average molecular weight is 182 g/mol. The fourth-order valence-corrected chi connectivity index (χ4v) is 1.03. The summed E-state index contributed by atoms with van der Waals surface area (Å²) < 4.78 is 0. The lowest BCUT2D eigenvalue weighted by Crippen LogP contribution is -2.43. The second kappa shape index (κ2) is 5.26. The van der Waals surface area contributed by atoms with E-state index >= 15 is 0 Å². The first kappa shape index (κ1) is 12.5. The Hall–Kier alpha value is -0.520. The predicted octanol–water partition coefficient (Wildman–Crippen LogP) is 1.22. The Labute approximate surface area is 82.3 Å². The molecule has 0 heterocycles. The van der Waals surface area contributed by atoms with Crippen LogP contribution in [0.25, 0.3) is 0 Å². The average Bonchev–Trinajstić information content (AvgIpc) is 2.05. The molecule has 0 saturated heterocycles. The van der Waals surface area contributed by atoms with Crippen molar-refractivity contribution in [1.29, 1.82) is 0 Å². The fourth-order valence-electron chi connectivity index (χ4n) is 1.03. The Balaban J connectivity index is 3.94. The van der Waals surface area contributed by atoms with Crippen molar-refractivity contribution < 1.29 is 0 Å². The highest BCUT2D eigenvalue weighted by atomic mass is 14.9. The molecular weight excluding hydrogens is 160 g/mol. The molecule has 0 aliphatic carbocycles. The number of nitrogens with two attached hydrogens (primary N) is 1. The molecule has 0 aliphatic heterocycles. The van der Waals surface area contributed by atoms with E-state index in [9.17, 15) is 0 Å². The van der Waals surface area contributed by atoms with Gasteiger partial charge >= 0.3 is 0 Å². The van der Waals surface area contributed by atoms with Gasteiger partial charge in [0.2, 0.25) is 0 Å². The molecule has 13 heavy (non-hydrogen) atoms. The van der Waals surface area contributed by atoms with E-state index in [4.69, 9.17) is 12.2 Å². The minimum absolute atomic E-state index is 0.220. The summed E-state index contributed by atoms with van der Waals surface area (Å²) in [5.41, 5.74) is 5.43. The van der Waals surface area contributed by atoms with Crippen molar-refractivity contribution in [2.24, 2.45) is 17.6 Å². The van der Waals surface area contributed by atoms with Crippen LogP contribution in [0.1, 0.15) is 27.7 Å². The minimum atomic E-state index is -0.220. The molecule has 0 aromatic carbocycles. The fraction of sp³-hybridized carbons (Fsp3) is 0.818. The third-order valence-electron chi connectivity index (χ3n) is 2.41. The summed E-state index contributed by atoms with van der Waals surface area (Å²) in [4.78, 5) is 0. The first-order valence-electron chi connectivity index (χ1n) is 4.86. The van der Waals surface area contributed by atoms with Gasteiger partial charge in [0.25, 0.3) is 0 Å². The van der Waals surface area contributed by atoms with Gasteiger partial charge in [-0.3, -0.25) is 0 Å². The van der Waals surface area contributed by atoms with Gasteiger partial charge in [0.05, 0.1) is 5.54 Å². The monoisotopic (exact) mass is 182 g/mol. The summed E-state index contributed by atoms with van der Waals surface area (Å²) in [7, 11) is 0. The maximum Gasteiger partial charge on any atom is 0.0741 e. The summed E-state index contributed by atoms with van der Waals surface area (Å²) in [5, 5.41) is 3.32. The van der Waals surface area contributed by atoms with Crippen LogP contribution < -0.4 is 11.1 Å². The highest BCUT2D eigenvalue weighted by Gasteiger charge is 2.17. The van der Waals surface area contributed by atoms with Gasteiger partial charge in [-0.1, -0.05) is 19.8 Å². The van der Waals surface area contributed by atoms with Crippen molar-refractivity contribution in [3.8, 4) is 12.3 Å².